The highest BCUT2D eigenvalue weighted by Gasteiger charge is 2.37. The number of nitrogens with one attached hydrogen (secondary N) is 1. The van der Waals surface area contributed by atoms with Crippen LogP contribution in [-0.4, -0.2) is 52.5 Å². The van der Waals surface area contributed by atoms with Crippen molar-refractivity contribution in [3.63, 3.8) is 0 Å². The van der Waals surface area contributed by atoms with Crippen molar-refractivity contribution in [3.05, 3.63) is 46.8 Å². The Balaban J connectivity index is 1.61. The normalized spacial score (nSPS) is 20.5. The Kier molecular flexibility index (Phi) is 4.94. The minimum Gasteiger partial charge on any atom is -0.379 e. The van der Waals surface area contributed by atoms with Gasteiger partial charge >= 0.3 is 0 Å². The summed E-state index contributed by atoms with van der Waals surface area (Å²) in [5.41, 5.74) is 4.59. The maximum absolute atomic E-state index is 12.6. The Morgan fingerprint density at radius 2 is 2.21 bits per heavy atom. The number of likely N-dealkylation sites (tertiary alicyclic amines) is 1. The molecule has 1 aliphatic rings. The molecule has 2 heterocycles. The molecule has 0 radical (unpaired) electrons. The third kappa shape index (κ3) is 3.48. The first-order valence-electron chi connectivity index (χ1n) is 8.31. The summed E-state index contributed by atoms with van der Waals surface area (Å²) >= 11 is 0. The molecule has 1 amide bonds. The highest BCUT2D eigenvalue weighted by molar-refractivity contribution is 5.77. The summed E-state index contributed by atoms with van der Waals surface area (Å²) in [5, 5.41) is 10.6. The Labute approximate surface area is 142 Å². The molecule has 0 unspecified atom stereocenters. The van der Waals surface area contributed by atoms with Crippen LogP contribution in [0.15, 0.2) is 24.4 Å². The molecule has 1 saturated heterocycles. The number of nitrogens with zero attached hydrogens (tertiary/aromatic N) is 3. The number of H-pyrrole nitrogens is 1. The van der Waals surface area contributed by atoms with Crippen molar-refractivity contribution in [3.8, 4) is 0 Å². The molecule has 0 bridgehead atoms. The smallest absolute Gasteiger partial charge is 0.223 e. The lowest BCUT2D eigenvalue weighted by molar-refractivity contribution is -0.130. The fourth-order valence-corrected chi connectivity index (χ4v) is 3.42. The van der Waals surface area contributed by atoms with E-state index in [1.54, 1.807) is 13.3 Å². The number of aromatic amines is 1. The largest absolute Gasteiger partial charge is 0.379 e. The van der Waals surface area contributed by atoms with Gasteiger partial charge in [0.25, 0.3) is 0 Å². The molecule has 24 heavy (non-hydrogen) atoms. The van der Waals surface area contributed by atoms with Crippen LogP contribution in [0.5, 0.6) is 0 Å². The van der Waals surface area contributed by atoms with Crippen LogP contribution >= 0.6 is 0 Å². The molecule has 3 rings (SSSR count). The second-order valence-electron chi connectivity index (χ2n) is 6.50. The Hall–Kier alpha value is -2.21. The first-order valence-corrected chi connectivity index (χ1v) is 8.31. The van der Waals surface area contributed by atoms with E-state index in [4.69, 9.17) is 4.74 Å². The van der Waals surface area contributed by atoms with Crippen molar-refractivity contribution in [2.45, 2.75) is 38.7 Å². The maximum Gasteiger partial charge on any atom is 0.223 e. The monoisotopic (exact) mass is 328 g/mol. The summed E-state index contributed by atoms with van der Waals surface area (Å²) in [6.45, 7) is 5.43. The zero-order chi connectivity index (χ0) is 17.1. The summed E-state index contributed by atoms with van der Waals surface area (Å²) in [4.78, 5) is 14.5. The van der Waals surface area contributed by atoms with Gasteiger partial charge in [0.1, 0.15) is 0 Å². The van der Waals surface area contributed by atoms with E-state index in [-0.39, 0.29) is 17.9 Å². The average Bonchev–Trinajstić information content (AvgIpc) is 3.22. The van der Waals surface area contributed by atoms with Crippen LogP contribution in [0.3, 0.4) is 0 Å². The maximum atomic E-state index is 12.6. The molecule has 0 spiro atoms. The zero-order valence-electron chi connectivity index (χ0n) is 14.5. The predicted octanol–water partition coefficient (Wildman–Crippen LogP) is 2.00. The van der Waals surface area contributed by atoms with Crippen LogP contribution in [0.1, 0.15) is 34.7 Å². The minimum absolute atomic E-state index is 0.0276. The van der Waals surface area contributed by atoms with Crippen LogP contribution in [0.2, 0.25) is 0 Å². The van der Waals surface area contributed by atoms with E-state index in [0.29, 0.717) is 19.5 Å². The van der Waals surface area contributed by atoms with Crippen LogP contribution < -0.4 is 0 Å². The zero-order valence-corrected chi connectivity index (χ0v) is 14.5. The van der Waals surface area contributed by atoms with Gasteiger partial charge in [-0.25, -0.2) is 0 Å². The highest BCUT2D eigenvalue weighted by atomic mass is 16.5. The number of amides is 1. The lowest BCUT2D eigenvalue weighted by Gasteiger charge is -2.16. The predicted molar refractivity (Wildman–Crippen MR) is 90.7 cm³/mol. The lowest BCUT2D eigenvalue weighted by Crippen LogP contribution is -2.30. The quantitative estimate of drug-likeness (QED) is 0.911. The number of ether oxygens (including phenoxy) is 1. The van der Waals surface area contributed by atoms with Crippen molar-refractivity contribution in [2.24, 2.45) is 0 Å². The van der Waals surface area contributed by atoms with E-state index in [0.717, 1.165) is 12.1 Å². The van der Waals surface area contributed by atoms with Gasteiger partial charge < -0.3 is 9.64 Å². The molecule has 2 aromatic rings. The molecular formula is C18H24N4O2. The van der Waals surface area contributed by atoms with E-state index in [2.05, 4.69) is 47.5 Å². The number of rotatable bonds is 5. The van der Waals surface area contributed by atoms with Gasteiger partial charge in [-0.2, -0.15) is 15.4 Å². The summed E-state index contributed by atoms with van der Waals surface area (Å²) in [6, 6.07) is 6.39. The van der Waals surface area contributed by atoms with Gasteiger partial charge in [0, 0.05) is 26.6 Å². The van der Waals surface area contributed by atoms with E-state index in [9.17, 15) is 4.79 Å². The molecule has 1 aromatic carbocycles. The van der Waals surface area contributed by atoms with Crippen molar-refractivity contribution in [2.75, 3.05) is 20.2 Å². The van der Waals surface area contributed by atoms with Gasteiger partial charge in [0.05, 0.1) is 23.9 Å². The van der Waals surface area contributed by atoms with Gasteiger partial charge in [-0.05, 0) is 31.4 Å². The third-order valence-corrected chi connectivity index (χ3v) is 4.84. The Morgan fingerprint density at radius 1 is 1.38 bits per heavy atom. The standard InChI is InChI=1S/C18H24N4O2/c1-12-4-5-14(13(2)8-12)6-7-18(23)22-10-15(17(11-22)24-3)16-9-19-21-20-16/h4-5,8-9,15,17H,6-7,10-11H2,1-3H3,(H,19,20,21)/t15-,17+/m0/s1. The Bertz CT molecular complexity index is 699. The number of hydrogen-bond acceptors (Lipinski definition) is 4. The summed E-state index contributed by atoms with van der Waals surface area (Å²) in [5.74, 6) is 0.252. The number of hydrogen-bond donors (Lipinski definition) is 1. The van der Waals surface area contributed by atoms with Gasteiger partial charge in [-0.3, -0.25) is 4.79 Å². The van der Waals surface area contributed by atoms with E-state index >= 15 is 0 Å². The van der Waals surface area contributed by atoms with E-state index < -0.39 is 0 Å². The van der Waals surface area contributed by atoms with E-state index in [1.165, 1.54) is 16.7 Å². The molecule has 0 saturated carbocycles. The molecule has 1 fully saturated rings. The van der Waals surface area contributed by atoms with Crippen LogP contribution in [0.4, 0.5) is 0 Å². The number of benzene rings is 1. The van der Waals surface area contributed by atoms with Crippen LogP contribution in [0.25, 0.3) is 0 Å². The Morgan fingerprint density at radius 3 is 2.88 bits per heavy atom. The van der Waals surface area contributed by atoms with Crippen molar-refractivity contribution in [1.29, 1.82) is 0 Å². The van der Waals surface area contributed by atoms with Gasteiger partial charge in [-0.1, -0.05) is 23.8 Å². The molecule has 1 N–H and O–H groups in total. The van der Waals surface area contributed by atoms with E-state index in [1.807, 2.05) is 4.90 Å². The van der Waals surface area contributed by atoms with Gasteiger partial charge in [0.2, 0.25) is 5.91 Å². The fraction of sp³-hybridized carbons (Fsp3) is 0.500. The second-order valence-corrected chi connectivity index (χ2v) is 6.50. The second kappa shape index (κ2) is 7.13. The first-order chi connectivity index (χ1) is 11.6. The number of methoxy groups -OCH3 is 1. The number of aryl methyl sites for hydroxylation is 3. The van der Waals surface area contributed by atoms with Gasteiger partial charge in [-0.15, -0.1) is 0 Å². The minimum atomic E-state index is -0.0276. The first kappa shape index (κ1) is 16.6. The van der Waals surface area contributed by atoms with Crippen LogP contribution in [-0.2, 0) is 16.0 Å². The summed E-state index contributed by atoms with van der Waals surface area (Å²) in [6.07, 6.45) is 2.97. The molecular weight excluding hydrogens is 304 g/mol. The molecule has 1 aliphatic heterocycles. The molecule has 2 atom stereocenters. The van der Waals surface area contributed by atoms with Crippen molar-refractivity contribution in [1.82, 2.24) is 20.3 Å². The number of carbonyl (C=O) groups is 1. The summed E-state index contributed by atoms with van der Waals surface area (Å²) in [7, 11) is 1.68. The molecule has 0 aliphatic carbocycles. The molecule has 128 valence electrons. The average molecular weight is 328 g/mol. The third-order valence-electron chi connectivity index (χ3n) is 4.84. The van der Waals surface area contributed by atoms with Gasteiger partial charge in [0.15, 0.2) is 0 Å². The lowest BCUT2D eigenvalue weighted by atomic mass is 10.0. The van der Waals surface area contributed by atoms with Crippen molar-refractivity contribution < 1.29 is 9.53 Å². The summed E-state index contributed by atoms with van der Waals surface area (Å²) < 4.78 is 5.55. The van der Waals surface area contributed by atoms with Crippen molar-refractivity contribution >= 4 is 5.91 Å². The number of carbonyl (C=O) groups excluding carboxylic acids is 1. The molecule has 6 nitrogen and oxygen atoms in total. The topological polar surface area (TPSA) is 71.1 Å². The van der Waals surface area contributed by atoms with Crippen LogP contribution in [0, 0.1) is 13.8 Å². The fourth-order valence-electron chi connectivity index (χ4n) is 3.42. The SMILES string of the molecule is CO[C@@H]1CN(C(=O)CCc2ccc(C)cc2C)C[C@H]1c1cn[nH]n1. The highest BCUT2D eigenvalue weighted by Crippen LogP contribution is 2.28. The molecule has 1 aromatic heterocycles. The molecule has 6 heteroatoms. The number of aromatic nitrogens is 3.